The lowest BCUT2D eigenvalue weighted by atomic mass is 10.2. The van der Waals surface area contributed by atoms with Crippen LogP contribution in [0.1, 0.15) is 12.8 Å². The van der Waals surface area contributed by atoms with Crippen LogP contribution in [-0.4, -0.2) is 27.2 Å². The number of rotatable bonds is 5. The van der Waals surface area contributed by atoms with Gasteiger partial charge in [0.1, 0.15) is 0 Å². The number of aliphatic hydroxyl groups is 1. The molecule has 0 bridgehead atoms. The summed E-state index contributed by atoms with van der Waals surface area (Å²) >= 11 is 0. The molecule has 0 spiro atoms. The van der Waals surface area contributed by atoms with Crippen LogP contribution in [0.3, 0.4) is 0 Å². The van der Waals surface area contributed by atoms with Crippen molar-refractivity contribution in [2.24, 2.45) is 0 Å². The first-order valence-corrected chi connectivity index (χ1v) is 4.97. The summed E-state index contributed by atoms with van der Waals surface area (Å²) in [5.74, 6) is 0. The zero-order chi connectivity index (χ0) is 8.91. The molecule has 0 aliphatic rings. The monoisotopic (exact) mass is 180 g/mol. The molecule has 66 valence electrons. The van der Waals surface area contributed by atoms with E-state index in [1.807, 2.05) is 0 Å². The summed E-state index contributed by atoms with van der Waals surface area (Å²) in [5.41, 5.74) is -0.773. The fourth-order valence-corrected chi connectivity index (χ4v) is 1.64. The molecule has 1 unspecified atom stereocenters. The molecular weight excluding hydrogens is 167 g/mol. The van der Waals surface area contributed by atoms with Gasteiger partial charge in [0.2, 0.25) is 0 Å². The molecule has 3 N–H and O–H groups in total. The van der Waals surface area contributed by atoms with E-state index in [4.69, 9.17) is 14.9 Å². The van der Waals surface area contributed by atoms with Gasteiger partial charge in [0.25, 0.3) is 0 Å². The molecule has 5 heteroatoms. The van der Waals surface area contributed by atoms with Crippen molar-refractivity contribution in [3.05, 3.63) is 12.7 Å². The largest absolute Gasteiger partial charge is 0.396 e. The quantitative estimate of drug-likeness (QED) is 0.425. The van der Waals surface area contributed by atoms with Gasteiger partial charge in [0.05, 0.1) is 5.66 Å². The minimum absolute atomic E-state index is 0.121. The summed E-state index contributed by atoms with van der Waals surface area (Å²) in [6.45, 7) is 3.17. The standard InChI is InChI=1S/C6H13O4P/c1-2-3-6(4-5-7)11(8,9)10/h2,6-7H,1,3-5H2,(H2,8,9,10). The maximum absolute atomic E-state index is 10.6. The second-order valence-corrected chi connectivity index (χ2v) is 4.19. The summed E-state index contributed by atoms with van der Waals surface area (Å²) in [7, 11) is -4.04. The molecular formula is C6H13O4P. The Morgan fingerprint density at radius 3 is 2.36 bits per heavy atom. The van der Waals surface area contributed by atoms with Gasteiger partial charge >= 0.3 is 7.60 Å². The highest BCUT2D eigenvalue weighted by Gasteiger charge is 2.26. The van der Waals surface area contributed by atoms with Gasteiger partial charge in [-0.1, -0.05) is 6.08 Å². The van der Waals surface area contributed by atoms with Crippen LogP contribution in [-0.2, 0) is 4.57 Å². The number of hydrogen-bond donors (Lipinski definition) is 3. The van der Waals surface area contributed by atoms with E-state index in [0.717, 1.165) is 0 Å². The van der Waals surface area contributed by atoms with Crippen molar-refractivity contribution in [1.29, 1.82) is 0 Å². The molecule has 0 aliphatic heterocycles. The average Bonchev–Trinajstić information content (AvgIpc) is 1.85. The SMILES string of the molecule is C=CCC(CCO)P(=O)(O)O. The molecule has 0 rings (SSSR count). The van der Waals surface area contributed by atoms with Crippen molar-refractivity contribution in [1.82, 2.24) is 0 Å². The predicted molar refractivity (Wildman–Crippen MR) is 42.3 cm³/mol. The fraction of sp³-hybridized carbons (Fsp3) is 0.667. The average molecular weight is 180 g/mol. The van der Waals surface area contributed by atoms with E-state index in [2.05, 4.69) is 6.58 Å². The Morgan fingerprint density at radius 2 is 2.09 bits per heavy atom. The van der Waals surface area contributed by atoms with Gasteiger partial charge in [-0.05, 0) is 12.8 Å². The van der Waals surface area contributed by atoms with Gasteiger partial charge in [0, 0.05) is 6.61 Å². The molecule has 11 heavy (non-hydrogen) atoms. The third-order valence-corrected chi connectivity index (χ3v) is 2.80. The van der Waals surface area contributed by atoms with Crippen LogP contribution in [0.5, 0.6) is 0 Å². The van der Waals surface area contributed by atoms with Crippen LogP contribution in [0.4, 0.5) is 0 Å². The minimum atomic E-state index is -4.04. The number of hydrogen-bond acceptors (Lipinski definition) is 2. The first-order chi connectivity index (χ1) is 5.02. The third-order valence-electron chi connectivity index (χ3n) is 1.38. The predicted octanol–water partition coefficient (Wildman–Crippen LogP) is 0.491. The van der Waals surface area contributed by atoms with Crippen molar-refractivity contribution in [3.8, 4) is 0 Å². The van der Waals surface area contributed by atoms with E-state index in [1.54, 1.807) is 0 Å². The minimum Gasteiger partial charge on any atom is -0.396 e. The zero-order valence-electron chi connectivity index (χ0n) is 6.18. The highest BCUT2D eigenvalue weighted by atomic mass is 31.2. The molecule has 0 heterocycles. The van der Waals surface area contributed by atoms with Gasteiger partial charge in [-0.2, -0.15) is 0 Å². The van der Waals surface area contributed by atoms with E-state index in [-0.39, 0.29) is 19.4 Å². The summed E-state index contributed by atoms with van der Waals surface area (Å²) in [4.78, 5) is 17.4. The highest BCUT2D eigenvalue weighted by molar-refractivity contribution is 7.52. The highest BCUT2D eigenvalue weighted by Crippen LogP contribution is 2.44. The van der Waals surface area contributed by atoms with Gasteiger partial charge in [-0.15, -0.1) is 6.58 Å². The Hall–Kier alpha value is -0.150. The van der Waals surface area contributed by atoms with Crippen LogP contribution in [0.2, 0.25) is 0 Å². The van der Waals surface area contributed by atoms with Crippen LogP contribution in [0.15, 0.2) is 12.7 Å². The van der Waals surface area contributed by atoms with Crippen molar-refractivity contribution < 1.29 is 19.5 Å². The molecule has 4 nitrogen and oxygen atoms in total. The molecule has 0 radical (unpaired) electrons. The Kier molecular flexibility index (Phi) is 4.61. The molecule has 0 aliphatic carbocycles. The summed E-state index contributed by atoms with van der Waals surface area (Å²) < 4.78 is 10.6. The van der Waals surface area contributed by atoms with Gasteiger partial charge in [-0.3, -0.25) is 4.57 Å². The molecule has 0 aromatic carbocycles. The Morgan fingerprint density at radius 1 is 1.55 bits per heavy atom. The van der Waals surface area contributed by atoms with Crippen LogP contribution < -0.4 is 0 Å². The summed E-state index contributed by atoms with van der Waals surface area (Å²) in [6, 6.07) is 0. The maximum Gasteiger partial charge on any atom is 0.329 e. The van der Waals surface area contributed by atoms with E-state index >= 15 is 0 Å². The molecule has 1 atom stereocenters. The Labute approximate surface area is 65.7 Å². The van der Waals surface area contributed by atoms with E-state index in [9.17, 15) is 4.57 Å². The van der Waals surface area contributed by atoms with Gasteiger partial charge < -0.3 is 14.9 Å². The molecule has 0 amide bonds. The first-order valence-electron chi connectivity index (χ1n) is 3.29. The number of allylic oxidation sites excluding steroid dienone is 1. The van der Waals surface area contributed by atoms with Crippen molar-refractivity contribution in [3.63, 3.8) is 0 Å². The smallest absolute Gasteiger partial charge is 0.329 e. The lowest BCUT2D eigenvalue weighted by molar-refractivity contribution is 0.273. The van der Waals surface area contributed by atoms with E-state index in [1.165, 1.54) is 6.08 Å². The first kappa shape index (κ1) is 10.8. The van der Waals surface area contributed by atoms with Crippen molar-refractivity contribution in [2.45, 2.75) is 18.5 Å². The Balaban J connectivity index is 4.09. The second kappa shape index (κ2) is 4.67. The molecule has 0 saturated carbocycles. The third kappa shape index (κ3) is 4.32. The van der Waals surface area contributed by atoms with Gasteiger partial charge in [0.15, 0.2) is 0 Å². The summed E-state index contributed by atoms with van der Waals surface area (Å²) in [6.07, 6.45) is 1.81. The number of aliphatic hydroxyl groups excluding tert-OH is 1. The lowest BCUT2D eigenvalue weighted by Crippen LogP contribution is -2.09. The van der Waals surface area contributed by atoms with Crippen LogP contribution in [0, 0.1) is 0 Å². The topological polar surface area (TPSA) is 77.8 Å². The van der Waals surface area contributed by atoms with Crippen molar-refractivity contribution >= 4 is 7.60 Å². The lowest BCUT2D eigenvalue weighted by Gasteiger charge is -2.14. The normalized spacial score (nSPS) is 14.5. The molecule has 0 fully saturated rings. The van der Waals surface area contributed by atoms with E-state index in [0.29, 0.717) is 0 Å². The van der Waals surface area contributed by atoms with Crippen LogP contribution in [0.25, 0.3) is 0 Å². The zero-order valence-corrected chi connectivity index (χ0v) is 7.07. The second-order valence-electron chi connectivity index (χ2n) is 2.28. The molecule has 0 aromatic rings. The maximum atomic E-state index is 10.6. The van der Waals surface area contributed by atoms with E-state index < -0.39 is 13.3 Å². The van der Waals surface area contributed by atoms with Crippen molar-refractivity contribution in [2.75, 3.05) is 6.61 Å². The van der Waals surface area contributed by atoms with Gasteiger partial charge in [-0.25, -0.2) is 0 Å². The summed E-state index contributed by atoms with van der Waals surface area (Å²) in [5, 5.41) is 8.45. The molecule has 0 saturated heterocycles. The Bertz CT molecular complexity index is 162. The fourth-order valence-electron chi connectivity index (χ4n) is 0.765. The molecule has 0 aromatic heterocycles. The van der Waals surface area contributed by atoms with Crippen LogP contribution >= 0.6 is 7.60 Å².